The highest BCUT2D eigenvalue weighted by molar-refractivity contribution is 7.86. The maximum absolute atomic E-state index is 15.3. The second kappa shape index (κ2) is 7.45. The second-order valence-corrected chi connectivity index (χ2v) is 11.7. The summed E-state index contributed by atoms with van der Waals surface area (Å²) in [4.78, 5) is 15.5. The number of carbonyl (C=O) groups excluding carboxylic acids is 1. The minimum absolute atomic E-state index is 0.0325. The number of hydrogen-bond acceptors (Lipinski definition) is 6. The predicted molar refractivity (Wildman–Crippen MR) is 120 cm³/mol. The third-order valence-electron chi connectivity index (χ3n) is 7.32. The number of aliphatic hydroxyl groups is 1. The van der Waals surface area contributed by atoms with Gasteiger partial charge in [0.1, 0.15) is 0 Å². The van der Waals surface area contributed by atoms with Crippen LogP contribution in [0.25, 0.3) is 5.57 Å². The molecule has 3 atom stereocenters. The summed E-state index contributed by atoms with van der Waals surface area (Å²) < 4.78 is 43.1. The van der Waals surface area contributed by atoms with E-state index in [2.05, 4.69) is 18.8 Å². The van der Waals surface area contributed by atoms with Crippen molar-refractivity contribution in [3.8, 4) is 5.75 Å². The molecule has 1 amide bonds. The van der Waals surface area contributed by atoms with Gasteiger partial charge in [-0.05, 0) is 62.1 Å². The molecule has 4 aliphatic rings. The number of halogens is 1. The zero-order valence-electron chi connectivity index (χ0n) is 18.9. The average Bonchev–Trinajstić information content (AvgIpc) is 2.64. The van der Waals surface area contributed by atoms with Gasteiger partial charge in [-0.2, -0.15) is 8.42 Å². The molecule has 1 aromatic rings. The molecule has 2 aliphatic carbocycles. The van der Waals surface area contributed by atoms with Crippen molar-refractivity contribution in [2.45, 2.75) is 63.6 Å². The highest BCUT2D eigenvalue weighted by atomic mass is 32.2. The maximum Gasteiger partial charge on any atom is 0.306 e. The van der Waals surface area contributed by atoms with E-state index in [1.54, 1.807) is 14.0 Å². The van der Waals surface area contributed by atoms with Crippen LogP contribution in [0.5, 0.6) is 5.75 Å². The SMILES string of the molecule is C=C(c1c(NC)ccc(OS(C)(=O)=O)c1F)C(C)C(=O)N1C2CC3(C)CC1CC(O)(C2)C3. The lowest BCUT2D eigenvalue weighted by atomic mass is 9.54. The third kappa shape index (κ3) is 3.90. The standard InChI is InChI=1S/C23H31FN2O5S/c1-13(19-17(25-4)6-7-18(20(19)24)31-32(5,29)30)14(2)21(27)26-15-8-22(3)9-16(26)11-23(28,10-15)12-22/h6-7,14-16,25,28H,1,8-12H2,2-5H3. The minimum Gasteiger partial charge on any atom is -0.390 e. The number of piperidine rings is 2. The molecule has 2 N–H and O–H groups in total. The molecule has 1 aromatic carbocycles. The van der Waals surface area contributed by atoms with Gasteiger partial charge in [0.2, 0.25) is 5.91 Å². The Bertz CT molecular complexity index is 1050. The summed E-state index contributed by atoms with van der Waals surface area (Å²) in [6.45, 7) is 7.88. The van der Waals surface area contributed by atoms with E-state index in [0.717, 1.165) is 25.5 Å². The lowest BCUT2D eigenvalue weighted by molar-refractivity contribution is -0.194. The first kappa shape index (κ1) is 23.0. The van der Waals surface area contributed by atoms with Crippen LogP contribution in [0.3, 0.4) is 0 Å². The summed E-state index contributed by atoms with van der Waals surface area (Å²) in [5.74, 6) is -2.20. The Morgan fingerprint density at radius 2 is 1.91 bits per heavy atom. The van der Waals surface area contributed by atoms with E-state index in [-0.39, 0.29) is 34.5 Å². The Hall–Kier alpha value is -2.13. The number of benzene rings is 1. The van der Waals surface area contributed by atoms with E-state index < -0.39 is 33.2 Å². The summed E-state index contributed by atoms with van der Waals surface area (Å²) in [5, 5.41) is 13.8. The quantitative estimate of drug-likeness (QED) is 0.626. The van der Waals surface area contributed by atoms with Crippen LogP contribution in [0.1, 0.15) is 51.5 Å². The van der Waals surface area contributed by atoms with Gasteiger partial charge in [0.15, 0.2) is 11.6 Å². The summed E-state index contributed by atoms with van der Waals surface area (Å²) in [6, 6.07) is 2.65. The number of nitrogens with one attached hydrogen (secondary N) is 1. The lowest BCUT2D eigenvalue weighted by Gasteiger charge is -2.64. The number of hydrogen-bond donors (Lipinski definition) is 2. The Balaban J connectivity index is 1.63. The van der Waals surface area contributed by atoms with Gasteiger partial charge in [0.05, 0.1) is 17.8 Å². The summed E-state index contributed by atoms with van der Waals surface area (Å²) in [5.41, 5.74) is -0.00439. The Labute approximate surface area is 188 Å². The maximum atomic E-state index is 15.3. The molecular formula is C23H31FN2O5S. The van der Waals surface area contributed by atoms with Crippen molar-refractivity contribution in [2.75, 3.05) is 18.6 Å². The van der Waals surface area contributed by atoms with E-state index in [4.69, 9.17) is 4.18 Å². The predicted octanol–water partition coefficient (Wildman–Crippen LogP) is 3.15. The van der Waals surface area contributed by atoms with E-state index >= 15 is 4.39 Å². The van der Waals surface area contributed by atoms with Crippen LogP contribution < -0.4 is 9.50 Å². The first-order valence-corrected chi connectivity index (χ1v) is 12.7. The van der Waals surface area contributed by atoms with Crippen LogP contribution in [0.4, 0.5) is 10.1 Å². The van der Waals surface area contributed by atoms with Crippen LogP contribution in [0.2, 0.25) is 0 Å². The monoisotopic (exact) mass is 466 g/mol. The molecule has 2 saturated heterocycles. The van der Waals surface area contributed by atoms with Crippen LogP contribution in [-0.4, -0.2) is 55.3 Å². The summed E-state index contributed by atoms with van der Waals surface area (Å²) >= 11 is 0. The summed E-state index contributed by atoms with van der Waals surface area (Å²) in [7, 11) is -2.32. The van der Waals surface area contributed by atoms with Gasteiger partial charge in [0.25, 0.3) is 0 Å². The fourth-order valence-corrected chi connectivity index (χ4v) is 6.81. The van der Waals surface area contributed by atoms with Crippen LogP contribution >= 0.6 is 0 Å². The molecule has 0 aromatic heterocycles. The van der Waals surface area contributed by atoms with Gasteiger partial charge in [-0.3, -0.25) is 4.79 Å². The molecule has 0 spiro atoms. The molecule has 4 bridgehead atoms. The molecule has 4 fully saturated rings. The minimum atomic E-state index is -3.93. The van der Waals surface area contributed by atoms with Gasteiger partial charge in [-0.25, -0.2) is 4.39 Å². The molecule has 9 heteroatoms. The smallest absolute Gasteiger partial charge is 0.306 e. The van der Waals surface area contributed by atoms with Crippen molar-refractivity contribution in [3.63, 3.8) is 0 Å². The summed E-state index contributed by atoms with van der Waals surface area (Å²) in [6.07, 6.45) is 4.46. The molecule has 2 saturated carbocycles. The number of carbonyl (C=O) groups is 1. The molecule has 3 unspecified atom stereocenters. The van der Waals surface area contributed by atoms with Crippen molar-refractivity contribution < 1.29 is 26.9 Å². The first-order chi connectivity index (χ1) is 14.8. The first-order valence-electron chi connectivity index (χ1n) is 10.9. The molecule has 0 radical (unpaired) electrons. The van der Waals surface area contributed by atoms with Crippen molar-refractivity contribution in [3.05, 3.63) is 30.1 Å². The van der Waals surface area contributed by atoms with E-state index in [0.29, 0.717) is 18.5 Å². The topological polar surface area (TPSA) is 95.9 Å². The van der Waals surface area contributed by atoms with Crippen molar-refractivity contribution in [2.24, 2.45) is 11.3 Å². The number of nitrogens with zero attached hydrogens (tertiary/aromatic N) is 1. The van der Waals surface area contributed by atoms with E-state index in [9.17, 15) is 18.3 Å². The highest BCUT2D eigenvalue weighted by Gasteiger charge is 2.59. The van der Waals surface area contributed by atoms with E-state index in [1.807, 2.05) is 4.90 Å². The van der Waals surface area contributed by atoms with Gasteiger partial charge in [0, 0.05) is 30.4 Å². The van der Waals surface area contributed by atoms with Crippen LogP contribution in [-0.2, 0) is 14.9 Å². The normalized spacial score (nSPS) is 32.0. The van der Waals surface area contributed by atoms with Crippen LogP contribution in [0, 0.1) is 17.2 Å². The number of amides is 1. The highest BCUT2D eigenvalue weighted by Crippen LogP contribution is 2.58. The van der Waals surface area contributed by atoms with Crippen molar-refractivity contribution in [1.29, 1.82) is 0 Å². The molecule has 2 aliphatic heterocycles. The second-order valence-electron chi connectivity index (χ2n) is 10.2. The molecule has 7 nitrogen and oxygen atoms in total. The van der Waals surface area contributed by atoms with Gasteiger partial charge >= 0.3 is 10.1 Å². The largest absolute Gasteiger partial charge is 0.390 e. The zero-order valence-corrected chi connectivity index (χ0v) is 19.8. The van der Waals surface area contributed by atoms with Gasteiger partial charge in [-0.1, -0.05) is 13.5 Å². The Kier molecular flexibility index (Phi) is 5.36. The molecule has 5 rings (SSSR count). The number of anilines is 1. The lowest BCUT2D eigenvalue weighted by Crippen LogP contribution is -2.68. The molecular weight excluding hydrogens is 435 g/mol. The van der Waals surface area contributed by atoms with Gasteiger partial charge in [-0.15, -0.1) is 0 Å². The Morgan fingerprint density at radius 1 is 1.31 bits per heavy atom. The zero-order chi connectivity index (χ0) is 23.6. The third-order valence-corrected chi connectivity index (χ3v) is 7.80. The van der Waals surface area contributed by atoms with Crippen molar-refractivity contribution in [1.82, 2.24) is 4.90 Å². The van der Waals surface area contributed by atoms with Crippen molar-refractivity contribution >= 4 is 27.3 Å². The average molecular weight is 467 g/mol. The molecule has 176 valence electrons. The molecule has 2 heterocycles. The van der Waals surface area contributed by atoms with Crippen LogP contribution in [0.15, 0.2) is 18.7 Å². The molecule has 32 heavy (non-hydrogen) atoms. The van der Waals surface area contributed by atoms with Gasteiger partial charge < -0.3 is 19.5 Å². The Morgan fingerprint density at radius 3 is 2.41 bits per heavy atom. The fourth-order valence-electron chi connectivity index (χ4n) is 6.36. The van der Waals surface area contributed by atoms with E-state index in [1.165, 1.54) is 12.1 Å². The fraction of sp³-hybridized carbons (Fsp3) is 0.609. The number of rotatable bonds is 6.